The Balaban J connectivity index is 1.92. The molecule has 0 amide bonds. The molecule has 7 heteroatoms. The van der Waals surface area contributed by atoms with Gasteiger partial charge in [-0.2, -0.15) is 15.0 Å². The Morgan fingerprint density at radius 2 is 1.95 bits per heavy atom. The normalized spacial score (nSPS) is 14.6. The fourth-order valence-electron chi connectivity index (χ4n) is 1.70. The summed E-state index contributed by atoms with van der Waals surface area (Å²) in [6.45, 7) is 1.48. The third kappa shape index (κ3) is 3.92. The smallest absolute Gasteiger partial charge is 0.323 e. The number of hydrogen-bond donors (Lipinski definition) is 1. The quantitative estimate of drug-likeness (QED) is 0.768. The number of anilines is 2. The summed E-state index contributed by atoms with van der Waals surface area (Å²) in [7, 11) is 7.68. The number of nitrogens with zero attached hydrogens (tertiary/aromatic N) is 5. The van der Waals surface area contributed by atoms with E-state index in [1.807, 2.05) is 19.0 Å². The van der Waals surface area contributed by atoms with Gasteiger partial charge in [0, 0.05) is 33.7 Å². The molecule has 0 bridgehead atoms. The molecule has 1 fully saturated rings. The number of rotatable bonds is 7. The summed E-state index contributed by atoms with van der Waals surface area (Å²) in [5.74, 6) is 1.11. The zero-order chi connectivity index (χ0) is 13.8. The van der Waals surface area contributed by atoms with Gasteiger partial charge >= 0.3 is 6.01 Å². The van der Waals surface area contributed by atoms with Crippen molar-refractivity contribution in [3.8, 4) is 6.01 Å². The van der Waals surface area contributed by atoms with Crippen LogP contribution in [0.15, 0.2) is 0 Å². The lowest BCUT2D eigenvalue weighted by atomic mass is 10.5. The molecule has 1 heterocycles. The van der Waals surface area contributed by atoms with Gasteiger partial charge in [0.15, 0.2) is 0 Å². The van der Waals surface area contributed by atoms with Gasteiger partial charge in [0.1, 0.15) is 6.61 Å². The molecule has 106 valence electrons. The molecule has 0 saturated heterocycles. The minimum Gasteiger partial charge on any atom is -0.462 e. The molecule has 1 aliphatic rings. The van der Waals surface area contributed by atoms with Gasteiger partial charge in [-0.1, -0.05) is 0 Å². The maximum atomic E-state index is 5.62. The van der Waals surface area contributed by atoms with Crippen molar-refractivity contribution in [2.24, 2.45) is 0 Å². The minimum atomic E-state index is 0.368. The van der Waals surface area contributed by atoms with Crippen molar-refractivity contribution in [2.75, 3.05) is 51.6 Å². The van der Waals surface area contributed by atoms with Gasteiger partial charge in [0.05, 0.1) is 0 Å². The van der Waals surface area contributed by atoms with E-state index >= 15 is 0 Å². The third-order valence-electron chi connectivity index (χ3n) is 3.07. The number of nitrogens with one attached hydrogen (secondary N) is 1. The van der Waals surface area contributed by atoms with E-state index < -0.39 is 0 Å². The van der Waals surface area contributed by atoms with Crippen molar-refractivity contribution in [3.63, 3.8) is 0 Å². The van der Waals surface area contributed by atoms with Gasteiger partial charge in [0.2, 0.25) is 11.9 Å². The molecule has 0 aromatic carbocycles. The van der Waals surface area contributed by atoms with E-state index in [4.69, 9.17) is 4.74 Å². The summed E-state index contributed by atoms with van der Waals surface area (Å²) in [5.41, 5.74) is 0. The van der Waals surface area contributed by atoms with E-state index in [1.54, 1.807) is 7.05 Å². The molecule has 7 nitrogen and oxygen atoms in total. The Labute approximate surface area is 114 Å². The van der Waals surface area contributed by atoms with Crippen LogP contribution in [-0.4, -0.2) is 67.2 Å². The summed E-state index contributed by atoms with van der Waals surface area (Å²) < 4.78 is 5.62. The van der Waals surface area contributed by atoms with Gasteiger partial charge in [0.25, 0.3) is 0 Å². The van der Waals surface area contributed by atoms with Gasteiger partial charge in [-0.05, 0) is 19.9 Å². The van der Waals surface area contributed by atoms with E-state index in [0.717, 1.165) is 12.6 Å². The second-order valence-corrected chi connectivity index (χ2v) is 4.95. The zero-order valence-electron chi connectivity index (χ0n) is 12.1. The van der Waals surface area contributed by atoms with E-state index in [9.17, 15) is 0 Å². The van der Waals surface area contributed by atoms with Gasteiger partial charge in [-0.15, -0.1) is 0 Å². The lowest BCUT2D eigenvalue weighted by molar-refractivity contribution is 0.220. The van der Waals surface area contributed by atoms with Gasteiger partial charge in [-0.3, -0.25) is 0 Å². The first-order valence-electron chi connectivity index (χ1n) is 6.54. The van der Waals surface area contributed by atoms with Crippen LogP contribution in [0.4, 0.5) is 11.9 Å². The van der Waals surface area contributed by atoms with Crippen molar-refractivity contribution in [2.45, 2.75) is 18.9 Å². The van der Waals surface area contributed by atoms with Crippen LogP contribution in [0.3, 0.4) is 0 Å². The first-order chi connectivity index (χ1) is 9.10. The molecule has 1 saturated carbocycles. The number of aromatic nitrogens is 3. The van der Waals surface area contributed by atoms with E-state index in [2.05, 4.69) is 32.2 Å². The molecular weight excluding hydrogens is 244 g/mol. The minimum absolute atomic E-state index is 0.368. The van der Waals surface area contributed by atoms with Crippen LogP contribution in [-0.2, 0) is 0 Å². The highest BCUT2D eigenvalue weighted by atomic mass is 16.5. The van der Waals surface area contributed by atoms with Crippen LogP contribution in [0.1, 0.15) is 12.8 Å². The van der Waals surface area contributed by atoms with Gasteiger partial charge < -0.3 is 19.9 Å². The number of hydrogen-bond acceptors (Lipinski definition) is 7. The maximum Gasteiger partial charge on any atom is 0.323 e. The SMILES string of the molecule is CNc1nc(OCCN(C)C2CC2)nc(N(C)C)n1. The number of likely N-dealkylation sites (N-methyl/N-ethyl adjacent to an activating group) is 1. The largest absolute Gasteiger partial charge is 0.462 e. The van der Waals surface area contributed by atoms with Crippen LogP contribution >= 0.6 is 0 Å². The summed E-state index contributed by atoms with van der Waals surface area (Å²) >= 11 is 0. The van der Waals surface area contributed by atoms with E-state index in [1.165, 1.54) is 12.8 Å². The fourth-order valence-corrected chi connectivity index (χ4v) is 1.70. The first-order valence-corrected chi connectivity index (χ1v) is 6.54. The molecule has 1 aliphatic carbocycles. The Morgan fingerprint density at radius 1 is 1.21 bits per heavy atom. The van der Waals surface area contributed by atoms with E-state index in [-0.39, 0.29) is 0 Å². The monoisotopic (exact) mass is 266 g/mol. The van der Waals surface area contributed by atoms with Crippen LogP contribution in [0.2, 0.25) is 0 Å². The van der Waals surface area contributed by atoms with Crippen LogP contribution in [0, 0.1) is 0 Å². The lowest BCUT2D eigenvalue weighted by Crippen LogP contribution is -2.26. The maximum absolute atomic E-state index is 5.62. The Bertz CT molecular complexity index is 421. The van der Waals surface area contributed by atoms with Crippen molar-refractivity contribution >= 4 is 11.9 Å². The molecule has 0 atom stereocenters. The molecule has 1 aromatic rings. The molecule has 1 aromatic heterocycles. The van der Waals surface area contributed by atoms with Crippen molar-refractivity contribution in [1.82, 2.24) is 19.9 Å². The highest BCUT2D eigenvalue weighted by molar-refractivity contribution is 5.36. The second-order valence-electron chi connectivity index (χ2n) is 4.95. The summed E-state index contributed by atoms with van der Waals surface area (Å²) in [5, 5.41) is 2.91. The molecule has 1 N–H and O–H groups in total. The Hall–Kier alpha value is -1.63. The summed E-state index contributed by atoms with van der Waals surface area (Å²) in [6, 6.07) is 1.11. The number of ether oxygens (including phenoxy) is 1. The van der Waals surface area contributed by atoms with E-state index in [0.29, 0.717) is 24.5 Å². The Morgan fingerprint density at radius 3 is 2.53 bits per heavy atom. The van der Waals surface area contributed by atoms with Crippen LogP contribution < -0.4 is 15.0 Å². The second kappa shape index (κ2) is 6.01. The predicted octanol–water partition coefficient (Wildman–Crippen LogP) is 0.452. The fraction of sp³-hybridized carbons (Fsp3) is 0.750. The van der Waals surface area contributed by atoms with Crippen LogP contribution in [0.25, 0.3) is 0 Å². The van der Waals surface area contributed by atoms with Crippen LogP contribution in [0.5, 0.6) is 6.01 Å². The van der Waals surface area contributed by atoms with Gasteiger partial charge in [-0.25, -0.2) is 0 Å². The first kappa shape index (κ1) is 13.8. The molecule has 2 rings (SSSR count). The summed E-state index contributed by atoms with van der Waals surface area (Å²) in [6.07, 6.45) is 2.61. The third-order valence-corrected chi connectivity index (χ3v) is 3.07. The molecule has 0 spiro atoms. The molecule has 19 heavy (non-hydrogen) atoms. The highest BCUT2D eigenvalue weighted by Gasteiger charge is 2.25. The Kier molecular flexibility index (Phi) is 4.36. The summed E-state index contributed by atoms with van der Waals surface area (Å²) in [4.78, 5) is 16.8. The topological polar surface area (TPSA) is 66.4 Å². The highest BCUT2D eigenvalue weighted by Crippen LogP contribution is 2.24. The average molecular weight is 266 g/mol. The molecule has 0 aliphatic heterocycles. The zero-order valence-corrected chi connectivity index (χ0v) is 12.1. The predicted molar refractivity (Wildman–Crippen MR) is 74.8 cm³/mol. The lowest BCUT2D eigenvalue weighted by Gasteiger charge is -2.16. The average Bonchev–Trinajstić information content (AvgIpc) is 3.22. The molecule has 0 radical (unpaired) electrons. The standard InChI is InChI=1S/C12H22N6O/c1-13-10-14-11(17(2)3)16-12(15-10)19-8-7-18(4)9-5-6-9/h9H,5-8H2,1-4H3,(H,13,14,15,16). The van der Waals surface area contributed by atoms with Crippen molar-refractivity contribution < 1.29 is 4.74 Å². The molecular formula is C12H22N6O. The molecule has 0 unspecified atom stereocenters. The van der Waals surface area contributed by atoms with Crippen molar-refractivity contribution in [1.29, 1.82) is 0 Å². The van der Waals surface area contributed by atoms with Crippen molar-refractivity contribution in [3.05, 3.63) is 0 Å².